The molecule has 0 fully saturated rings. The van der Waals surface area contributed by atoms with Crippen LogP contribution in [0.3, 0.4) is 0 Å². The van der Waals surface area contributed by atoms with Gasteiger partial charge in [-0.05, 0) is 54.1 Å². The van der Waals surface area contributed by atoms with Crippen LogP contribution in [-0.4, -0.2) is 26.7 Å². The van der Waals surface area contributed by atoms with E-state index in [1.54, 1.807) is 36.4 Å². The average molecular weight is 557 g/mol. The highest BCUT2D eigenvalue weighted by molar-refractivity contribution is 9.10. The summed E-state index contributed by atoms with van der Waals surface area (Å²) in [7, 11) is 0. The minimum Gasteiger partial charge on any atom is -0.503 e. The minimum absolute atomic E-state index is 0.0979. The molecular weight excluding hydrogens is 541 g/mol. The summed E-state index contributed by atoms with van der Waals surface area (Å²) in [4.78, 5) is 32.0. The molecule has 3 heterocycles. The fourth-order valence-corrected chi connectivity index (χ4v) is 4.57. The van der Waals surface area contributed by atoms with Crippen LogP contribution in [-0.2, 0) is 17.5 Å². The van der Waals surface area contributed by atoms with Gasteiger partial charge in [0.1, 0.15) is 11.6 Å². The molecule has 6 nitrogen and oxygen atoms in total. The molecular formula is C26H16BrF3N2O4. The van der Waals surface area contributed by atoms with Gasteiger partial charge in [-0.3, -0.25) is 14.6 Å². The van der Waals surface area contributed by atoms with Gasteiger partial charge in [0.25, 0.3) is 5.91 Å². The molecule has 2 aromatic carbocycles. The first-order valence-electron chi connectivity index (χ1n) is 10.7. The number of aliphatic hydroxyl groups excluding tert-OH is 1. The number of Topliss-reactive ketones (excluding diaryl/α,β-unsaturated/α-hetero) is 1. The quantitative estimate of drug-likeness (QED) is 0.288. The lowest BCUT2D eigenvalue weighted by molar-refractivity contribution is -0.137. The maximum absolute atomic E-state index is 13.5. The Labute approximate surface area is 210 Å². The van der Waals surface area contributed by atoms with Crippen molar-refractivity contribution >= 4 is 38.6 Å². The molecule has 0 saturated carbocycles. The average Bonchev–Trinajstić information content (AvgIpc) is 3.38. The lowest BCUT2D eigenvalue weighted by Gasteiger charge is -2.26. The van der Waals surface area contributed by atoms with Crippen molar-refractivity contribution < 1.29 is 32.3 Å². The number of alkyl halides is 3. The van der Waals surface area contributed by atoms with Crippen LogP contribution < -0.4 is 0 Å². The van der Waals surface area contributed by atoms with Gasteiger partial charge in [-0.2, -0.15) is 13.2 Å². The molecule has 36 heavy (non-hydrogen) atoms. The standard InChI is InChI=1S/C26H16BrF3N2O4/c27-17-7-8-19-15(11-17)12-20(36-19)23(33)21-22(18-6-1-2-9-31-18)32(25(35)24(21)34)13-14-4-3-5-16(10-14)26(28,29)30/h1-12,22,34H,13H2. The zero-order valence-electron chi connectivity index (χ0n) is 18.3. The van der Waals surface area contributed by atoms with Crippen LogP contribution in [0.25, 0.3) is 11.0 Å². The SMILES string of the molecule is O=C(C1=C(O)C(=O)N(Cc2cccc(C(F)(F)F)c2)C1c1ccccn1)c1cc2cc(Br)ccc2o1. The Morgan fingerprint density at radius 2 is 1.89 bits per heavy atom. The number of ketones is 1. The molecule has 4 aromatic rings. The summed E-state index contributed by atoms with van der Waals surface area (Å²) in [6.45, 7) is -0.294. The number of benzene rings is 2. The van der Waals surface area contributed by atoms with E-state index in [0.717, 1.165) is 21.5 Å². The number of hydrogen-bond donors (Lipinski definition) is 1. The molecule has 1 atom stereocenters. The van der Waals surface area contributed by atoms with Crippen LogP contribution in [0.5, 0.6) is 0 Å². The van der Waals surface area contributed by atoms with Crippen molar-refractivity contribution in [3.8, 4) is 0 Å². The molecule has 0 radical (unpaired) electrons. The van der Waals surface area contributed by atoms with Crippen LogP contribution in [0.2, 0.25) is 0 Å². The second-order valence-electron chi connectivity index (χ2n) is 8.17. The van der Waals surface area contributed by atoms with Crippen LogP contribution in [0.15, 0.2) is 93.1 Å². The highest BCUT2D eigenvalue weighted by Gasteiger charge is 2.45. The number of amides is 1. The number of fused-ring (bicyclic) bond motifs is 1. The third-order valence-electron chi connectivity index (χ3n) is 5.83. The number of carbonyl (C=O) groups is 2. The predicted molar refractivity (Wildman–Crippen MR) is 127 cm³/mol. The molecule has 1 aliphatic rings. The summed E-state index contributed by atoms with van der Waals surface area (Å²) in [5.74, 6) is -2.52. The van der Waals surface area contributed by atoms with Crippen LogP contribution in [0.1, 0.15) is 33.4 Å². The van der Waals surface area contributed by atoms with Gasteiger partial charge in [0, 0.05) is 22.6 Å². The van der Waals surface area contributed by atoms with Gasteiger partial charge in [0.15, 0.2) is 11.5 Å². The van der Waals surface area contributed by atoms with E-state index in [1.807, 2.05) is 0 Å². The second-order valence-corrected chi connectivity index (χ2v) is 9.09. The predicted octanol–water partition coefficient (Wildman–Crippen LogP) is 6.39. The van der Waals surface area contributed by atoms with Gasteiger partial charge < -0.3 is 14.4 Å². The molecule has 10 heteroatoms. The number of hydrogen-bond acceptors (Lipinski definition) is 5. The van der Waals surface area contributed by atoms with Crippen molar-refractivity contribution in [2.24, 2.45) is 0 Å². The second kappa shape index (κ2) is 8.94. The van der Waals surface area contributed by atoms with Crippen LogP contribution in [0, 0.1) is 0 Å². The summed E-state index contributed by atoms with van der Waals surface area (Å²) in [6.07, 6.45) is -3.11. The fourth-order valence-electron chi connectivity index (χ4n) is 4.20. The Balaban J connectivity index is 1.57. The maximum Gasteiger partial charge on any atom is 0.416 e. The van der Waals surface area contributed by atoms with Crippen molar-refractivity contribution in [2.45, 2.75) is 18.8 Å². The molecule has 1 amide bonds. The van der Waals surface area contributed by atoms with Crippen molar-refractivity contribution in [3.63, 3.8) is 0 Å². The van der Waals surface area contributed by atoms with E-state index in [2.05, 4.69) is 20.9 Å². The molecule has 0 aliphatic carbocycles. The minimum atomic E-state index is -4.57. The number of carbonyl (C=O) groups excluding carboxylic acids is 2. The Morgan fingerprint density at radius 3 is 2.61 bits per heavy atom. The van der Waals surface area contributed by atoms with Crippen molar-refractivity contribution in [1.82, 2.24) is 9.88 Å². The third-order valence-corrected chi connectivity index (χ3v) is 6.32. The van der Waals surface area contributed by atoms with Gasteiger partial charge in [0.05, 0.1) is 16.8 Å². The van der Waals surface area contributed by atoms with Crippen molar-refractivity contribution in [1.29, 1.82) is 0 Å². The third kappa shape index (κ3) is 4.28. The smallest absolute Gasteiger partial charge is 0.416 e. The van der Waals surface area contributed by atoms with Gasteiger partial charge >= 0.3 is 6.18 Å². The normalized spacial score (nSPS) is 16.3. The van der Waals surface area contributed by atoms with Crippen LogP contribution in [0.4, 0.5) is 13.2 Å². The number of rotatable bonds is 5. The first kappa shape index (κ1) is 23.8. The molecule has 1 aliphatic heterocycles. The van der Waals surface area contributed by atoms with E-state index in [-0.39, 0.29) is 29.1 Å². The number of nitrogens with zero attached hydrogens (tertiary/aromatic N) is 2. The Kier molecular flexibility index (Phi) is 5.91. The molecule has 1 unspecified atom stereocenters. The monoisotopic (exact) mass is 556 g/mol. The zero-order valence-corrected chi connectivity index (χ0v) is 19.9. The Bertz CT molecular complexity index is 1530. The summed E-state index contributed by atoms with van der Waals surface area (Å²) in [6, 6.07) is 14.9. The molecule has 182 valence electrons. The number of aliphatic hydroxyl groups is 1. The highest BCUT2D eigenvalue weighted by atomic mass is 79.9. The van der Waals surface area contributed by atoms with Gasteiger partial charge in [-0.15, -0.1) is 0 Å². The topological polar surface area (TPSA) is 83.6 Å². The lowest BCUT2D eigenvalue weighted by Crippen LogP contribution is -2.31. The lowest BCUT2D eigenvalue weighted by atomic mass is 9.98. The van der Waals surface area contributed by atoms with E-state index in [9.17, 15) is 27.9 Å². The molecule has 5 rings (SSSR count). The van der Waals surface area contributed by atoms with E-state index in [1.165, 1.54) is 24.4 Å². The number of aromatic nitrogens is 1. The summed E-state index contributed by atoms with van der Waals surface area (Å²) < 4.78 is 46.2. The van der Waals surface area contributed by atoms with E-state index in [0.29, 0.717) is 11.0 Å². The maximum atomic E-state index is 13.5. The van der Waals surface area contributed by atoms with E-state index < -0.39 is 35.2 Å². The number of halogens is 4. The molecule has 0 bridgehead atoms. The van der Waals surface area contributed by atoms with Gasteiger partial charge in [-0.1, -0.05) is 34.1 Å². The number of furan rings is 1. The highest BCUT2D eigenvalue weighted by Crippen LogP contribution is 2.40. The summed E-state index contributed by atoms with van der Waals surface area (Å²) in [5.41, 5.74) is -0.258. The summed E-state index contributed by atoms with van der Waals surface area (Å²) >= 11 is 3.35. The van der Waals surface area contributed by atoms with Crippen molar-refractivity contribution in [2.75, 3.05) is 0 Å². The molecule has 0 spiro atoms. The van der Waals surface area contributed by atoms with Gasteiger partial charge in [0.2, 0.25) is 5.78 Å². The first-order chi connectivity index (χ1) is 17.1. The Morgan fingerprint density at radius 1 is 1.08 bits per heavy atom. The van der Waals surface area contributed by atoms with E-state index >= 15 is 0 Å². The molecule has 0 saturated heterocycles. The Hall–Kier alpha value is -3.92. The zero-order chi connectivity index (χ0) is 25.6. The van der Waals surface area contributed by atoms with E-state index in [4.69, 9.17) is 4.42 Å². The van der Waals surface area contributed by atoms with Gasteiger partial charge in [-0.25, -0.2) is 0 Å². The number of pyridine rings is 1. The molecule has 2 aromatic heterocycles. The molecule has 1 N–H and O–H groups in total. The fraction of sp³-hybridized carbons (Fsp3) is 0.115. The summed E-state index contributed by atoms with van der Waals surface area (Å²) in [5, 5.41) is 11.4. The largest absolute Gasteiger partial charge is 0.503 e. The van der Waals surface area contributed by atoms with Crippen molar-refractivity contribution in [3.05, 3.63) is 111 Å². The van der Waals surface area contributed by atoms with Crippen LogP contribution >= 0.6 is 15.9 Å². The first-order valence-corrected chi connectivity index (χ1v) is 11.5.